The molecule has 0 aliphatic carbocycles. The zero-order valence-corrected chi connectivity index (χ0v) is 10.5. The normalized spacial score (nSPS) is 29.2. The number of carbonyl (C=O) groups is 1. The largest absolute Gasteiger partial charge is 0.342 e. The van der Waals surface area contributed by atoms with Crippen LogP contribution in [0.3, 0.4) is 0 Å². The minimum absolute atomic E-state index is 0.140. The maximum absolute atomic E-state index is 12.4. The summed E-state index contributed by atoms with van der Waals surface area (Å²) in [5, 5.41) is 3.40. The van der Waals surface area contributed by atoms with Crippen LogP contribution in [0.5, 0.6) is 0 Å². The van der Waals surface area contributed by atoms with Crippen molar-refractivity contribution in [2.75, 3.05) is 33.2 Å². The highest BCUT2D eigenvalue weighted by atomic mass is 16.2. The Morgan fingerprint density at radius 3 is 2.94 bits per heavy atom. The summed E-state index contributed by atoms with van der Waals surface area (Å²) in [5.41, 5.74) is 1.05. The molecule has 0 spiro atoms. The first-order valence-electron chi connectivity index (χ1n) is 6.39. The molecule has 2 unspecified atom stereocenters. The zero-order valence-electron chi connectivity index (χ0n) is 10.5. The van der Waals surface area contributed by atoms with Crippen LogP contribution >= 0.6 is 0 Å². The third-order valence-corrected chi connectivity index (χ3v) is 3.84. The van der Waals surface area contributed by atoms with E-state index in [1.807, 2.05) is 24.1 Å². The molecular weight excluding hydrogens is 228 g/mol. The van der Waals surface area contributed by atoms with E-state index >= 15 is 0 Å². The molecule has 2 fully saturated rings. The Morgan fingerprint density at radius 1 is 1.39 bits per heavy atom. The highest BCUT2D eigenvalue weighted by Crippen LogP contribution is 2.29. The van der Waals surface area contributed by atoms with Crippen LogP contribution in [0.2, 0.25) is 0 Å². The highest BCUT2D eigenvalue weighted by molar-refractivity contribution is 5.84. The molecule has 3 rings (SSSR count). The summed E-state index contributed by atoms with van der Waals surface area (Å²) in [6.45, 7) is 3.65. The fourth-order valence-electron chi connectivity index (χ4n) is 2.92. The molecule has 0 aromatic carbocycles. The molecule has 0 radical (unpaired) electrons. The van der Waals surface area contributed by atoms with Crippen molar-refractivity contribution < 1.29 is 4.79 Å². The summed E-state index contributed by atoms with van der Waals surface area (Å²) in [5.74, 6) is 0.194. The lowest BCUT2D eigenvalue weighted by molar-refractivity contribution is -0.144. The van der Waals surface area contributed by atoms with Gasteiger partial charge in [0.2, 0.25) is 5.91 Å². The molecule has 2 aliphatic rings. The van der Waals surface area contributed by atoms with Crippen LogP contribution < -0.4 is 5.32 Å². The van der Waals surface area contributed by atoms with Crippen molar-refractivity contribution in [2.24, 2.45) is 0 Å². The molecule has 1 amide bonds. The maximum Gasteiger partial charge on any atom is 0.244 e. The van der Waals surface area contributed by atoms with Crippen LogP contribution in [0.4, 0.5) is 0 Å². The Hall–Kier alpha value is -1.46. The molecule has 0 bridgehead atoms. The quantitative estimate of drug-likeness (QED) is 0.750. The fraction of sp³-hybridized carbons (Fsp3) is 0.538. The second-order valence-corrected chi connectivity index (χ2v) is 5.00. The predicted octanol–water partition coefficient (Wildman–Crippen LogP) is -0.131. The van der Waals surface area contributed by atoms with E-state index in [9.17, 15) is 4.79 Å². The second kappa shape index (κ2) is 4.66. The van der Waals surface area contributed by atoms with Crippen molar-refractivity contribution in [3.05, 3.63) is 30.1 Å². The van der Waals surface area contributed by atoms with E-state index in [1.165, 1.54) is 0 Å². The highest BCUT2D eigenvalue weighted by Gasteiger charge is 2.40. The Kier molecular flexibility index (Phi) is 3.01. The van der Waals surface area contributed by atoms with E-state index in [-0.39, 0.29) is 11.9 Å². The monoisotopic (exact) mass is 246 g/mol. The lowest BCUT2D eigenvalue weighted by Crippen LogP contribution is -2.63. The number of amides is 1. The van der Waals surface area contributed by atoms with Crippen molar-refractivity contribution in [3.8, 4) is 0 Å². The van der Waals surface area contributed by atoms with Gasteiger partial charge >= 0.3 is 0 Å². The third kappa shape index (κ3) is 1.89. The number of aromatic nitrogens is 1. The number of carbonyl (C=O) groups excluding carboxylic acids is 1. The minimum atomic E-state index is -0.140. The average Bonchev–Trinajstić information content (AvgIpc) is 2.41. The number of nitrogens with one attached hydrogen (secondary N) is 1. The molecule has 96 valence electrons. The number of piperazine rings is 2. The summed E-state index contributed by atoms with van der Waals surface area (Å²) in [7, 11) is 1.89. The first-order chi connectivity index (χ1) is 8.77. The number of hydrogen-bond donors (Lipinski definition) is 1. The molecule has 3 heterocycles. The molecule has 1 aromatic heterocycles. The number of rotatable bonds is 1. The molecule has 0 saturated carbocycles. The van der Waals surface area contributed by atoms with Crippen LogP contribution in [0.15, 0.2) is 24.5 Å². The van der Waals surface area contributed by atoms with E-state index in [4.69, 9.17) is 0 Å². The Bertz CT molecular complexity index is 436. The molecule has 2 aliphatic heterocycles. The van der Waals surface area contributed by atoms with Gasteiger partial charge in [-0.05, 0) is 17.7 Å². The molecule has 1 N–H and O–H groups in total. The molecule has 2 saturated heterocycles. The molecule has 5 nitrogen and oxygen atoms in total. The molecule has 1 aromatic rings. The van der Waals surface area contributed by atoms with Gasteiger partial charge in [0.05, 0.1) is 0 Å². The van der Waals surface area contributed by atoms with Gasteiger partial charge in [-0.2, -0.15) is 0 Å². The van der Waals surface area contributed by atoms with Gasteiger partial charge in [-0.15, -0.1) is 0 Å². The van der Waals surface area contributed by atoms with Crippen LogP contribution in [-0.4, -0.2) is 60.0 Å². The number of nitrogens with zero attached hydrogens (tertiary/aromatic N) is 3. The van der Waals surface area contributed by atoms with Crippen LogP contribution in [-0.2, 0) is 4.79 Å². The van der Waals surface area contributed by atoms with Gasteiger partial charge in [-0.25, -0.2) is 0 Å². The van der Waals surface area contributed by atoms with Crippen LogP contribution in [0.1, 0.15) is 11.6 Å². The van der Waals surface area contributed by atoms with E-state index in [2.05, 4.69) is 15.2 Å². The number of fused-ring (bicyclic) bond motifs is 1. The van der Waals surface area contributed by atoms with Crippen molar-refractivity contribution in [1.82, 2.24) is 20.1 Å². The smallest absolute Gasteiger partial charge is 0.244 e. The first-order valence-corrected chi connectivity index (χ1v) is 6.39. The predicted molar refractivity (Wildman–Crippen MR) is 68.0 cm³/mol. The Labute approximate surface area is 107 Å². The SMILES string of the molecule is CN1CC2CNCCN2C(c2ccncc2)C1=O. The summed E-state index contributed by atoms with van der Waals surface area (Å²) in [4.78, 5) is 20.6. The van der Waals surface area contributed by atoms with Crippen molar-refractivity contribution in [3.63, 3.8) is 0 Å². The van der Waals surface area contributed by atoms with Gasteiger partial charge in [-0.1, -0.05) is 0 Å². The molecule has 2 atom stereocenters. The number of pyridine rings is 1. The van der Waals surface area contributed by atoms with Crippen molar-refractivity contribution in [1.29, 1.82) is 0 Å². The lowest BCUT2D eigenvalue weighted by Gasteiger charge is -2.47. The van der Waals surface area contributed by atoms with Crippen molar-refractivity contribution >= 4 is 5.91 Å². The second-order valence-electron chi connectivity index (χ2n) is 5.00. The standard InChI is InChI=1S/C13H18N4O/c1-16-9-11-8-15-6-7-17(11)12(13(16)18)10-2-4-14-5-3-10/h2-5,11-12,15H,6-9H2,1H3. The minimum Gasteiger partial charge on any atom is -0.342 e. The van der Waals surface area contributed by atoms with E-state index in [1.54, 1.807) is 12.4 Å². The summed E-state index contributed by atoms with van der Waals surface area (Å²) in [6, 6.07) is 4.17. The van der Waals surface area contributed by atoms with Crippen LogP contribution in [0.25, 0.3) is 0 Å². The van der Waals surface area contributed by atoms with E-state index in [0.717, 1.165) is 31.7 Å². The van der Waals surface area contributed by atoms with Crippen LogP contribution in [0, 0.1) is 0 Å². The van der Waals surface area contributed by atoms with Gasteiger partial charge in [0, 0.05) is 51.7 Å². The third-order valence-electron chi connectivity index (χ3n) is 3.84. The molecular formula is C13H18N4O. The van der Waals surface area contributed by atoms with Gasteiger partial charge in [0.15, 0.2) is 0 Å². The number of likely N-dealkylation sites (N-methyl/N-ethyl adjacent to an activating group) is 1. The first kappa shape index (κ1) is 11.6. The lowest BCUT2D eigenvalue weighted by atomic mass is 9.97. The van der Waals surface area contributed by atoms with Gasteiger partial charge < -0.3 is 10.2 Å². The van der Waals surface area contributed by atoms with E-state index in [0.29, 0.717) is 6.04 Å². The van der Waals surface area contributed by atoms with Gasteiger partial charge in [0.1, 0.15) is 6.04 Å². The zero-order chi connectivity index (χ0) is 12.5. The summed E-state index contributed by atoms with van der Waals surface area (Å²) >= 11 is 0. The van der Waals surface area contributed by atoms with Gasteiger partial charge in [-0.3, -0.25) is 14.7 Å². The number of hydrogen-bond acceptors (Lipinski definition) is 4. The average molecular weight is 246 g/mol. The van der Waals surface area contributed by atoms with Gasteiger partial charge in [0.25, 0.3) is 0 Å². The summed E-state index contributed by atoms with van der Waals surface area (Å²) < 4.78 is 0. The van der Waals surface area contributed by atoms with E-state index < -0.39 is 0 Å². The molecule has 18 heavy (non-hydrogen) atoms. The summed E-state index contributed by atoms with van der Waals surface area (Å²) in [6.07, 6.45) is 3.52. The Morgan fingerprint density at radius 2 is 2.17 bits per heavy atom. The van der Waals surface area contributed by atoms with Crippen molar-refractivity contribution in [2.45, 2.75) is 12.1 Å². The molecule has 5 heteroatoms. The maximum atomic E-state index is 12.4. The topological polar surface area (TPSA) is 48.5 Å². The fourth-order valence-corrected chi connectivity index (χ4v) is 2.92. The Balaban J connectivity index is 1.95.